The Morgan fingerprint density at radius 1 is 1.59 bits per heavy atom. The normalized spacial score (nSPS) is 12.9. The molecule has 2 heterocycles. The minimum atomic E-state index is 0.210. The van der Waals surface area contributed by atoms with Crippen LogP contribution in [-0.4, -0.2) is 16.3 Å². The van der Waals surface area contributed by atoms with E-state index >= 15 is 0 Å². The van der Waals surface area contributed by atoms with E-state index in [1.807, 2.05) is 17.9 Å². The van der Waals surface area contributed by atoms with Gasteiger partial charge in [-0.15, -0.1) is 11.3 Å². The Labute approximate surface area is 114 Å². The van der Waals surface area contributed by atoms with E-state index in [1.54, 1.807) is 11.3 Å². The molecule has 92 valence electrons. The van der Waals surface area contributed by atoms with Crippen molar-refractivity contribution in [3.8, 4) is 0 Å². The second-order valence-electron chi connectivity index (χ2n) is 3.96. The number of thiophene rings is 1. The Balaban J connectivity index is 2.46. The summed E-state index contributed by atoms with van der Waals surface area (Å²) in [6, 6.07) is 2.37. The van der Waals surface area contributed by atoms with Crippen LogP contribution in [0.2, 0.25) is 0 Å². The summed E-state index contributed by atoms with van der Waals surface area (Å²) in [6.45, 7) is 5.21. The lowest BCUT2D eigenvalue weighted by Gasteiger charge is -2.18. The molecule has 2 aromatic heterocycles. The highest BCUT2D eigenvalue weighted by atomic mass is 79.9. The number of aryl methyl sites for hydroxylation is 2. The number of hydrogen-bond donors (Lipinski definition) is 1. The molecule has 0 radical (unpaired) electrons. The fourth-order valence-corrected chi connectivity index (χ4v) is 3.52. The summed E-state index contributed by atoms with van der Waals surface area (Å²) in [5.74, 6) is 0. The average molecular weight is 314 g/mol. The molecular weight excluding hydrogens is 298 g/mol. The van der Waals surface area contributed by atoms with Gasteiger partial charge in [-0.1, -0.05) is 6.92 Å². The summed E-state index contributed by atoms with van der Waals surface area (Å²) in [6.07, 6.45) is 1.85. The number of halogens is 1. The number of aromatic nitrogens is 2. The maximum absolute atomic E-state index is 4.29. The maximum atomic E-state index is 4.29. The van der Waals surface area contributed by atoms with E-state index in [0.29, 0.717) is 0 Å². The van der Waals surface area contributed by atoms with Crippen molar-refractivity contribution in [2.75, 3.05) is 6.54 Å². The molecule has 5 heteroatoms. The molecule has 1 atom stereocenters. The van der Waals surface area contributed by atoms with Gasteiger partial charge in [0, 0.05) is 11.9 Å². The quantitative estimate of drug-likeness (QED) is 0.939. The molecule has 0 aliphatic heterocycles. The molecule has 1 N–H and O–H groups in total. The zero-order chi connectivity index (χ0) is 12.4. The van der Waals surface area contributed by atoms with Gasteiger partial charge >= 0.3 is 0 Å². The average Bonchev–Trinajstić information content (AvgIpc) is 2.84. The first-order valence-corrected chi connectivity index (χ1v) is 7.27. The summed E-state index contributed by atoms with van der Waals surface area (Å²) in [4.78, 5) is 1.36. The maximum Gasteiger partial charge on any atom is 0.0855 e. The van der Waals surface area contributed by atoms with Crippen molar-refractivity contribution in [1.29, 1.82) is 0 Å². The molecular formula is C12H16BrN3S. The summed E-state index contributed by atoms with van der Waals surface area (Å²) in [7, 11) is 1.98. The SMILES string of the molecule is CCNC(c1sccc1C)c1c(Br)cnn1C. The lowest BCUT2D eigenvalue weighted by Crippen LogP contribution is -2.24. The van der Waals surface area contributed by atoms with Gasteiger partial charge in [0.05, 0.1) is 22.4 Å². The second kappa shape index (κ2) is 5.33. The van der Waals surface area contributed by atoms with E-state index in [4.69, 9.17) is 0 Å². The van der Waals surface area contributed by atoms with Crippen LogP contribution in [0.5, 0.6) is 0 Å². The topological polar surface area (TPSA) is 29.9 Å². The molecule has 0 bridgehead atoms. The summed E-state index contributed by atoms with van der Waals surface area (Å²) in [5.41, 5.74) is 2.51. The van der Waals surface area contributed by atoms with Crippen LogP contribution in [0.1, 0.15) is 29.1 Å². The minimum absolute atomic E-state index is 0.210. The number of rotatable bonds is 4. The molecule has 0 saturated heterocycles. The van der Waals surface area contributed by atoms with E-state index in [1.165, 1.54) is 16.1 Å². The van der Waals surface area contributed by atoms with E-state index in [0.717, 1.165) is 11.0 Å². The lowest BCUT2D eigenvalue weighted by molar-refractivity contribution is 0.576. The Morgan fingerprint density at radius 2 is 2.35 bits per heavy atom. The fourth-order valence-electron chi connectivity index (χ4n) is 1.94. The third kappa shape index (κ3) is 2.46. The monoisotopic (exact) mass is 313 g/mol. The molecule has 0 saturated carbocycles. The first-order valence-electron chi connectivity index (χ1n) is 5.60. The molecule has 0 fully saturated rings. The highest BCUT2D eigenvalue weighted by molar-refractivity contribution is 9.10. The van der Waals surface area contributed by atoms with Crippen LogP contribution >= 0.6 is 27.3 Å². The molecule has 0 aliphatic rings. The van der Waals surface area contributed by atoms with Gasteiger partial charge in [-0.25, -0.2) is 0 Å². The van der Waals surface area contributed by atoms with Crippen molar-refractivity contribution < 1.29 is 0 Å². The Morgan fingerprint density at radius 3 is 2.82 bits per heavy atom. The van der Waals surface area contributed by atoms with Crippen LogP contribution in [0.15, 0.2) is 22.1 Å². The Hall–Kier alpha value is -0.650. The summed E-state index contributed by atoms with van der Waals surface area (Å²) < 4.78 is 2.98. The van der Waals surface area contributed by atoms with Gasteiger partial charge in [-0.2, -0.15) is 5.10 Å². The summed E-state index contributed by atoms with van der Waals surface area (Å²) >= 11 is 5.37. The van der Waals surface area contributed by atoms with Crippen molar-refractivity contribution in [1.82, 2.24) is 15.1 Å². The molecule has 0 aliphatic carbocycles. The van der Waals surface area contributed by atoms with Crippen molar-refractivity contribution >= 4 is 27.3 Å². The minimum Gasteiger partial charge on any atom is -0.305 e. The van der Waals surface area contributed by atoms with E-state index in [2.05, 4.69) is 51.6 Å². The number of nitrogens with zero attached hydrogens (tertiary/aromatic N) is 2. The van der Waals surface area contributed by atoms with E-state index in [-0.39, 0.29) is 6.04 Å². The van der Waals surface area contributed by atoms with Crippen LogP contribution in [-0.2, 0) is 7.05 Å². The highest BCUT2D eigenvalue weighted by Crippen LogP contribution is 2.32. The first-order chi connectivity index (χ1) is 8.15. The van der Waals surface area contributed by atoms with Gasteiger partial charge < -0.3 is 5.32 Å². The van der Waals surface area contributed by atoms with Gasteiger partial charge in [0.25, 0.3) is 0 Å². The third-order valence-electron chi connectivity index (χ3n) is 2.78. The molecule has 17 heavy (non-hydrogen) atoms. The molecule has 2 aromatic rings. The standard InChI is InChI=1S/C12H16BrN3S/c1-4-14-10(12-8(2)5-6-17-12)11-9(13)7-15-16(11)3/h5-7,10,14H,4H2,1-3H3. The highest BCUT2D eigenvalue weighted by Gasteiger charge is 2.22. The van der Waals surface area contributed by atoms with Crippen LogP contribution < -0.4 is 5.32 Å². The molecule has 0 spiro atoms. The Kier molecular flexibility index (Phi) is 4.01. The van der Waals surface area contributed by atoms with E-state index in [9.17, 15) is 0 Å². The smallest absolute Gasteiger partial charge is 0.0855 e. The van der Waals surface area contributed by atoms with E-state index < -0.39 is 0 Å². The largest absolute Gasteiger partial charge is 0.305 e. The predicted octanol–water partition coefficient (Wildman–Crippen LogP) is 3.25. The molecule has 2 rings (SSSR count). The number of nitrogens with one attached hydrogen (secondary N) is 1. The van der Waals surface area contributed by atoms with Crippen molar-refractivity contribution in [2.45, 2.75) is 19.9 Å². The van der Waals surface area contributed by atoms with Gasteiger partial charge in [-0.05, 0) is 46.4 Å². The van der Waals surface area contributed by atoms with Crippen molar-refractivity contribution in [3.63, 3.8) is 0 Å². The van der Waals surface area contributed by atoms with Gasteiger partial charge in [0.2, 0.25) is 0 Å². The molecule has 3 nitrogen and oxygen atoms in total. The van der Waals surface area contributed by atoms with Crippen molar-refractivity contribution in [2.24, 2.45) is 7.05 Å². The van der Waals surface area contributed by atoms with Gasteiger partial charge in [0.15, 0.2) is 0 Å². The first kappa shape index (κ1) is 12.8. The van der Waals surface area contributed by atoms with Crippen LogP contribution in [0.3, 0.4) is 0 Å². The van der Waals surface area contributed by atoms with Crippen molar-refractivity contribution in [3.05, 3.63) is 38.3 Å². The van der Waals surface area contributed by atoms with Gasteiger partial charge in [0.1, 0.15) is 0 Å². The fraction of sp³-hybridized carbons (Fsp3) is 0.417. The van der Waals surface area contributed by atoms with Crippen LogP contribution in [0, 0.1) is 6.92 Å². The predicted molar refractivity (Wildman–Crippen MR) is 75.5 cm³/mol. The molecule has 0 aromatic carbocycles. The zero-order valence-electron chi connectivity index (χ0n) is 10.2. The second-order valence-corrected chi connectivity index (χ2v) is 5.76. The molecule has 1 unspecified atom stereocenters. The zero-order valence-corrected chi connectivity index (χ0v) is 12.6. The number of hydrogen-bond acceptors (Lipinski definition) is 3. The Bertz CT molecular complexity index is 484. The van der Waals surface area contributed by atoms with Gasteiger partial charge in [-0.3, -0.25) is 4.68 Å². The molecule has 0 amide bonds. The van der Waals surface area contributed by atoms with Crippen LogP contribution in [0.4, 0.5) is 0 Å². The van der Waals surface area contributed by atoms with Crippen LogP contribution in [0.25, 0.3) is 0 Å². The third-order valence-corrected chi connectivity index (χ3v) is 4.48. The summed E-state index contributed by atoms with van der Waals surface area (Å²) in [5, 5.41) is 9.96. The lowest BCUT2D eigenvalue weighted by atomic mass is 10.1.